The van der Waals surface area contributed by atoms with Crippen LogP contribution in [0.4, 0.5) is 0 Å². The Morgan fingerprint density at radius 2 is 1.69 bits per heavy atom. The van der Waals surface area contributed by atoms with E-state index in [-0.39, 0.29) is 4.90 Å². The molecule has 0 spiro atoms. The van der Waals surface area contributed by atoms with Gasteiger partial charge < -0.3 is 0 Å². The molecule has 5 rings (SSSR count). The fourth-order valence-electron chi connectivity index (χ4n) is 3.03. The topological polar surface area (TPSA) is 93.0 Å². The lowest BCUT2D eigenvalue weighted by Crippen LogP contribution is -2.00. The highest BCUT2D eigenvalue weighted by molar-refractivity contribution is 7.86. The summed E-state index contributed by atoms with van der Waals surface area (Å²) >= 11 is 1.79. The largest absolute Gasteiger partial charge is 0.295 e. The molecule has 0 radical (unpaired) electrons. The lowest BCUT2D eigenvalue weighted by atomic mass is 10.1. The number of aromatic nitrogens is 3. The van der Waals surface area contributed by atoms with Crippen LogP contribution < -0.4 is 0 Å². The summed E-state index contributed by atoms with van der Waals surface area (Å²) < 4.78 is 33.4. The average molecular weight is 424 g/mol. The second kappa shape index (κ2) is 7.82. The van der Waals surface area contributed by atoms with Gasteiger partial charge in [0.1, 0.15) is 4.90 Å². The van der Waals surface area contributed by atoms with Gasteiger partial charge in [0.05, 0.1) is 26.3 Å². The van der Waals surface area contributed by atoms with Crippen molar-refractivity contribution in [1.29, 1.82) is 0 Å². The number of hydrogen-bond acceptors (Lipinski definition) is 6. The number of rotatable bonds is 2. The van der Waals surface area contributed by atoms with Crippen LogP contribution in [0.15, 0.2) is 71.9 Å². The molecule has 0 saturated carbocycles. The van der Waals surface area contributed by atoms with Crippen LogP contribution in [0.3, 0.4) is 0 Å². The molecule has 3 aromatic heterocycles. The number of thiazole rings is 1. The van der Waals surface area contributed by atoms with Gasteiger partial charge in [-0.05, 0) is 42.8 Å². The molecule has 29 heavy (non-hydrogen) atoms. The number of benzene rings is 2. The van der Waals surface area contributed by atoms with Crippen molar-refractivity contribution < 1.29 is 13.0 Å². The van der Waals surface area contributed by atoms with Gasteiger partial charge in [-0.1, -0.05) is 25.1 Å². The average Bonchev–Trinajstić information content (AvgIpc) is 3.16. The minimum Gasteiger partial charge on any atom is -0.282 e. The molecule has 0 amide bonds. The Morgan fingerprint density at radius 3 is 2.41 bits per heavy atom. The highest BCUT2D eigenvalue weighted by Crippen LogP contribution is 2.28. The van der Waals surface area contributed by atoms with Gasteiger partial charge in [-0.3, -0.25) is 14.5 Å². The van der Waals surface area contributed by atoms with E-state index in [0.717, 1.165) is 11.9 Å². The fourth-order valence-corrected chi connectivity index (χ4v) is 4.65. The van der Waals surface area contributed by atoms with Gasteiger partial charge in [0.2, 0.25) is 0 Å². The first kappa shape index (κ1) is 19.4. The number of fused-ring (bicyclic) bond motifs is 4. The van der Waals surface area contributed by atoms with E-state index in [0.29, 0.717) is 21.8 Å². The fraction of sp³-hybridized carbons (Fsp3) is 0.0952. The molecule has 146 valence electrons. The van der Waals surface area contributed by atoms with E-state index in [1.165, 1.54) is 15.8 Å². The lowest BCUT2D eigenvalue weighted by Gasteiger charge is -2.06. The molecule has 0 bridgehead atoms. The van der Waals surface area contributed by atoms with Crippen molar-refractivity contribution in [1.82, 2.24) is 15.0 Å². The summed E-state index contributed by atoms with van der Waals surface area (Å²) in [5.41, 5.74) is 2.21. The zero-order valence-corrected chi connectivity index (χ0v) is 17.1. The minimum absolute atomic E-state index is 0.147. The van der Waals surface area contributed by atoms with E-state index in [2.05, 4.69) is 40.1 Å². The van der Waals surface area contributed by atoms with Crippen LogP contribution in [-0.2, 0) is 16.5 Å². The van der Waals surface area contributed by atoms with E-state index in [4.69, 9.17) is 0 Å². The van der Waals surface area contributed by atoms with Gasteiger partial charge >= 0.3 is 0 Å². The molecule has 0 aliphatic heterocycles. The quantitative estimate of drug-likeness (QED) is 0.321. The molecule has 8 heteroatoms. The molecule has 0 fully saturated rings. The van der Waals surface area contributed by atoms with Gasteiger partial charge in [0, 0.05) is 23.2 Å². The molecule has 3 heterocycles. The number of para-hydroxylation sites is 1. The van der Waals surface area contributed by atoms with Crippen molar-refractivity contribution in [2.24, 2.45) is 0 Å². The first-order valence-electron chi connectivity index (χ1n) is 8.92. The molecular formula is C21H17N3O3S2. The highest BCUT2D eigenvalue weighted by atomic mass is 32.2. The third-order valence-corrected chi connectivity index (χ3v) is 6.42. The molecule has 0 aliphatic rings. The molecule has 5 aromatic rings. The maximum atomic E-state index is 11.4. The van der Waals surface area contributed by atoms with Gasteiger partial charge in [0.25, 0.3) is 10.1 Å². The Bertz CT molecular complexity index is 1400. The molecule has 6 nitrogen and oxygen atoms in total. The van der Waals surface area contributed by atoms with Crippen LogP contribution >= 0.6 is 11.3 Å². The molecule has 0 unspecified atom stereocenters. The van der Waals surface area contributed by atoms with Crippen LogP contribution in [0.1, 0.15) is 11.9 Å². The van der Waals surface area contributed by atoms with Crippen molar-refractivity contribution in [3.8, 4) is 0 Å². The van der Waals surface area contributed by atoms with Crippen LogP contribution in [0.2, 0.25) is 0 Å². The van der Waals surface area contributed by atoms with Crippen LogP contribution in [-0.4, -0.2) is 27.9 Å². The van der Waals surface area contributed by atoms with E-state index < -0.39 is 10.1 Å². The number of pyridine rings is 2. The Hall–Kier alpha value is -2.94. The molecule has 0 saturated heterocycles. The summed E-state index contributed by atoms with van der Waals surface area (Å²) in [6.07, 6.45) is 4.22. The predicted molar refractivity (Wildman–Crippen MR) is 116 cm³/mol. The van der Waals surface area contributed by atoms with E-state index in [1.54, 1.807) is 48.0 Å². The summed E-state index contributed by atoms with van der Waals surface area (Å²) in [4.78, 5) is 12.6. The first-order chi connectivity index (χ1) is 14.0. The molecule has 2 aromatic carbocycles. The van der Waals surface area contributed by atoms with E-state index >= 15 is 0 Å². The summed E-state index contributed by atoms with van der Waals surface area (Å²) in [7, 11) is -4.29. The smallest absolute Gasteiger partial charge is 0.282 e. The first-order valence-corrected chi connectivity index (χ1v) is 11.2. The normalized spacial score (nSPS) is 11.5. The predicted octanol–water partition coefficient (Wildman–Crippen LogP) is 4.89. The van der Waals surface area contributed by atoms with Crippen molar-refractivity contribution >= 4 is 53.5 Å². The highest BCUT2D eigenvalue weighted by Gasteiger charge is 2.17. The summed E-state index contributed by atoms with van der Waals surface area (Å²) in [5.74, 6) is 0. The standard InChI is InChI=1S/C12H8N2O3S.C9H9NS/c15-18(16,17)10-7-8-3-1-5-13-11(8)12-9(10)4-2-6-14-12;1-2-9-10-7-5-3-4-6-8(7)11-9/h1-7H,(H,15,16,17);3-6H,2H2,1H3. The zero-order chi connectivity index (χ0) is 20.4. The van der Waals surface area contributed by atoms with E-state index in [9.17, 15) is 13.0 Å². The monoisotopic (exact) mass is 423 g/mol. The molecule has 1 N–H and O–H groups in total. The van der Waals surface area contributed by atoms with Gasteiger partial charge in [-0.25, -0.2) is 4.98 Å². The number of hydrogen-bond donors (Lipinski definition) is 1. The number of nitrogens with zero attached hydrogens (tertiary/aromatic N) is 3. The van der Waals surface area contributed by atoms with Gasteiger partial charge in [-0.15, -0.1) is 11.3 Å². The van der Waals surface area contributed by atoms with Crippen LogP contribution in [0.25, 0.3) is 32.0 Å². The molecule has 0 atom stereocenters. The van der Waals surface area contributed by atoms with Gasteiger partial charge in [0.15, 0.2) is 0 Å². The Labute approximate surface area is 171 Å². The van der Waals surface area contributed by atoms with Crippen LogP contribution in [0.5, 0.6) is 0 Å². The SMILES string of the molecule is CCc1nc2ccccc2s1.O=S(=O)(O)c1cc2cccnc2c2ncccc12. The maximum absolute atomic E-state index is 11.4. The second-order valence-electron chi connectivity index (χ2n) is 6.25. The lowest BCUT2D eigenvalue weighted by molar-refractivity contribution is 0.484. The maximum Gasteiger partial charge on any atom is 0.295 e. The van der Waals surface area contributed by atoms with Crippen molar-refractivity contribution in [3.05, 3.63) is 72.0 Å². The van der Waals surface area contributed by atoms with Crippen LogP contribution in [0, 0.1) is 0 Å². The zero-order valence-electron chi connectivity index (χ0n) is 15.5. The van der Waals surface area contributed by atoms with Gasteiger partial charge in [-0.2, -0.15) is 8.42 Å². The third kappa shape index (κ3) is 3.95. The Morgan fingerprint density at radius 1 is 0.966 bits per heavy atom. The molecular weight excluding hydrogens is 406 g/mol. The summed E-state index contributed by atoms with van der Waals surface area (Å²) in [6.45, 7) is 2.14. The Balaban J connectivity index is 0.000000159. The van der Waals surface area contributed by atoms with Crippen molar-refractivity contribution in [2.45, 2.75) is 18.2 Å². The van der Waals surface area contributed by atoms with Crippen molar-refractivity contribution in [3.63, 3.8) is 0 Å². The Kier molecular flexibility index (Phi) is 5.23. The van der Waals surface area contributed by atoms with Crippen molar-refractivity contribution in [2.75, 3.05) is 0 Å². The number of aryl methyl sites for hydroxylation is 1. The molecule has 0 aliphatic carbocycles. The minimum atomic E-state index is -4.29. The summed E-state index contributed by atoms with van der Waals surface area (Å²) in [6, 6.07) is 16.3. The third-order valence-electron chi connectivity index (χ3n) is 4.34. The van der Waals surface area contributed by atoms with E-state index in [1.807, 2.05) is 6.07 Å². The second-order valence-corrected chi connectivity index (χ2v) is 8.76. The summed E-state index contributed by atoms with van der Waals surface area (Å²) in [5, 5.41) is 2.22.